The van der Waals surface area contributed by atoms with E-state index in [-0.39, 0.29) is 5.78 Å². The third kappa shape index (κ3) is 3.81. The Bertz CT molecular complexity index is 452. The average Bonchev–Trinajstić information content (AvgIpc) is 2.47. The van der Waals surface area contributed by atoms with Gasteiger partial charge < -0.3 is 4.74 Å². The lowest BCUT2D eigenvalue weighted by Crippen LogP contribution is -2.50. The van der Waals surface area contributed by atoms with Crippen molar-refractivity contribution >= 4 is 5.78 Å². The molecule has 0 radical (unpaired) electrons. The quantitative estimate of drug-likeness (QED) is 0.769. The number of hydrogen-bond donors (Lipinski definition) is 0. The second kappa shape index (κ2) is 6.86. The number of carbonyl (C=O) groups is 1. The van der Waals surface area contributed by atoms with Gasteiger partial charge in [0.25, 0.3) is 0 Å². The summed E-state index contributed by atoms with van der Waals surface area (Å²) in [5.41, 5.74) is 0.732. The van der Waals surface area contributed by atoms with E-state index in [2.05, 4.69) is 23.6 Å². The average molecular weight is 276 g/mol. The Balaban J connectivity index is 1.89. The Morgan fingerprint density at radius 3 is 2.55 bits per heavy atom. The number of carbonyl (C=O) groups excluding carboxylic acids is 1. The van der Waals surface area contributed by atoms with Crippen LogP contribution in [-0.2, 0) is 0 Å². The molecule has 1 aliphatic rings. The Morgan fingerprint density at radius 2 is 1.95 bits per heavy atom. The summed E-state index contributed by atoms with van der Waals surface area (Å²) in [6, 6.07) is 7.98. The number of piperazine rings is 1. The molecule has 110 valence electrons. The van der Waals surface area contributed by atoms with Crippen LogP contribution in [0.5, 0.6) is 5.75 Å². The highest BCUT2D eigenvalue weighted by molar-refractivity contribution is 5.97. The van der Waals surface area contributed by atoms with E-state index in [1.165, 1.54) is 0 Å². The predicted molar refractivity (Wildman–Crippen MR) is 80.5 cm³/mol. The Kier molecular flexibility index (Phi) is 5.15. The molecule has 0 amide bonds. The molecule has 0 atom stereocenters. The molecule has 0 N–H and O–H groups in total. The summed E-state index contributed by atoms with van der Waals surface area (Å²) >= 11 is 0. The molecule has 1 aliphatic heterocycles. The van der Waals surface area contributed by atoms with Gasteiger partial charge in [-0.2, -0.15) is 0 Å². The number of benzene rings is 1. The van der Waals surface area contributed by atoms with Crippen LogP contribution in [0, 0.1) is 0 Å². The fraction of sp³-hybridized carbons (Fsp3) is 0.562. The summed E-state index contributed by atoms with van der Waals surface area (Å²) in [7, 11) is 1.62. The molecule has 0 unspecified atom stereocenters. The third-order valence-corrected chi connectivity index (χ3v) is 3.90. The third-order valence-electron chi connectivity index (χ3n) is 3.90. The van der Waals surface area contributed by atoms with Gasteiger partial charge in [-0.05, 0) is 26.0 Å². The van der Waals surface area contributed by atoms with Crippen LogP contribution in [0.25, 0.3) is 0 Å². The van der Waals surface area contributed by atoms with Crippen molar-refractivity contribution in [3.05, 3.63) is 29.8 Å². The highest BCUT2D eigenvalue weighted by Crippen LogP contribution is 2.14. The first kappa shape index (κ1) is 15.0. The van der Waals surface area contributed by atoms with Crippen molar-refractivity contribution in [2.75, 3.05) is 39.8 Å². The van der Waals surface area contributed by atoms with Crippen molar-refractivity contribution in [3.8, 4) is 5.75 Å². The molecule has 4 nitrogen and oxygen atoms in total. The Morgan fingerprint density at radius 1 is 1.25 bits per heavy atom. The molecular formula is C16H24N2O2. The van der Waals surface area contributed by atoms with Crippen LogP contribution in [0.4, 0.5) is 0 Å². The van der Waals surface area contributed by atoms with E-state index in [0.717, 1.165) is 37.5 Å². The summed E-state index contributed by atoms with van der Waals surface area (Å²) in [6.45, 7) is 8.96. The lowest BCUT2D eigenvalue weighted by Gasteiger charge is -2.36. The standard InChI is InChI=1S/C16H24N2O2/c1-13(2)18-9-7-17(8-10-18)12-16(19)14-5-4-6-15(11-14)20-3/h4-6,11,13H,7-10,12H2,1-3H3. The molecule has 0 aliphatic carbocycles. The zero-order valence-electron chi connectivity index (χ0n) is 12.6. The number of ketones is 1. The van der Waals surface area contributed by atoms with E-state index in [1.807, 2.05) is 24.3 Å². The van der Waals surface area contributed by atoms with Gasteiger partial charge in [0.2, 0.25) is 0 Å². The summed E-state index contributed by atoms with van der Waals surface area (Å²) in [4.78, 5) is 17.0. The second-order valence-corrected chi connectivity index (χ2v) is 5.56. The van der Waals surface area contributed by atoms with Crippen molar-refractivity contribution in [2.24, 2.45) is 0 Å². The molecule has 0 aromatic heterocycles. The first-order valence-corrected chi connectivity index (χ1v) is 7.24. The van der Waals surface area contributed by atoms with Crippen molar-refractivity contribution in [1.82, 2.24) is 9.80 Å². The van der Waals surface area contributed by atoms with E-state index in [0.29, 0.717) is 12.6 Å². The van der Waals surface area contributed by atoms with Crippen LogP contribution >= 0.6 is 0 Å². The number of nitrogens with zero attached hydrogens (tertiary/aromatic N) is 2. The van der Waals surface area contributed by atoms with E-state index in [4.69, 9.17) is 4.74 Å². The minimum atomic E-state index is 0.168. The molecule has 20 heavy (non-hydrogen) atoms. The molecule has 1 heterocycles. The normalized spacial score (nSPS) is 17.4. The number of Topliss-reactive ketones (excluding diaryl/α,β-unsaturated/α-hetero) is 1. The van der Waals surface area contributed by atoms with E-state index < -0.39 is 0 Å². The fourth-order valence-corrected chi connectivity index (χ4v) is 2.53. The first-order chi connectivity index (χ1) is 9.60. The van der Waals surface area contributed by atoms with Crippen molar-refractivity contribution in [2.45, 2.75) is 19.9 Å². The monoisotopic (exact) mass is 276 g/mol. The van der Waals surface area contributed by atoms with Gasteiger partial charge in [0, 0.05) is 37.8 Å². The minimum Gasteiger partial charge on any atom is -0.497 e. The summed E-state index contributed by atoms with van der Waals surface area (Å²) in [6.07, 6.45) is 0. The van der Waals surface area contributed by atoms with E-state index >= 15 is 0 Å². The van der Waals surface area contributed by atoms with E-state index in [1.54, 1.807) is 7.11 Å². The predicted octanol–water partition coefficient (Wildman–Crippen LogP) is 1.90. The van der Waals surface area contributed by atoms with Crippen molar-refractivity contribution in [3.63, 3.8) is 0 Å². The van der Waals surface area contributed by atoms with Crippen LogP contribution in [0.3, 0.4) is 0 Å². The SMILES string of the molecule is COc1cccc(C(=O)CN2CCN(C(C)C)CC2)c1. The summed E-state index contributed by atoms with van der Waals surface area (Å²) in [5.74, 6) is 0.905. The molecule has 0 spiro atoms. The second-order valence-electron chi connectivity index (χ2n) is 5.56. The number of ether oxygens (including phenoxy) is 1. The zero-order valence-corrected chi connectivity index (χ0v) is 12.6. The van der Waals surface area contributed by atoms with Crippen LogP contribution in [0.1, 0.15) is 24.2 Å². The lowest BCUT2D eigenvalue weighted by atomic mass is 10.1. The molecule has 1 aromatic rings. The molecule has 4 heteroatoms. The van der Waals surface area contributed by atoms with E-state index in [9.17, 15) is 4.79 Å². The van der Waals surface area contributed by atoms with Crippen LogP contribution in [0.2, 0.25) is 0 Å². The molecule has 1 fully saturated rings. The van der Waals surface area contributed by atoms with Gasteiger partial charge >= 0.3 is 0 Å². The number of rotatable bonds is 5. The maximum absolute atomic E-state index is 12.3. The first-order valence-electron chi connectivity index (χ1n) is 7.24. The molecule has 0 bridgehead atoms. The zero-order chi connectivity index (χ0) is 14.5. The van der Waals surface area contributed by atoms with Gasteiger partial charge in [0.15, 0.2) is 5.78 Å². The minimum absolute atomic E-state index is 0.168. The van der Waals surface area contributed by atoms with Gasteiger partial charge in [-0.15, -0.1) is 0 Å². The van der Waals surface area contributed by atoms with Crippen molar-refractivity contribution in [1.29, 1.82) is 0 Å². The summed E-state index contributed by atoms with van der Waals surface area (Å²) < 4.78 is 5.16. The highest BCUT2D eigenvalue weighted by Gasteiger charge is 2.20. The largest absolute Gasteiger partial charge is 0.497 e. The molecule has 1 saturated heterocycles. The van der Waals surface area contributed by atoms with Crippen LogP contribution in [-0.4, -0.2) is 61.5 Å². The Hall–Kier alpha value is -1.39. The van der Waals surface area contributed by atoms with Crippen LogP contribution in [0.15, 0.2) is 24.3 Å². The van der Waals surface area contributed by atoms with Gasteiger partial charge in [0.05, 0.1) is 13.7 Å². The molecular weight excluding hydrogens is 252 g/mol. The Labute approximate surface area is 121 Å². The number of hydrogen-bond acceptors (Lipinski definition) is 4. The molecule has 2 rings (SSSR count). The number of methoxy groups -OCH3 is 1. The van der Waals surface area contributed by atoms with Crippen LogP contribution < -0.4 is 4.74 Å². The molecule has 0 saturated carbocycles. The van der Waals surface area contributed by atoms with Gasteiger partial charge in [-0.3, -0.25) is 14.6 Å². The van der Waals surface area contributed by atoms with Crippen molar-refractivity contribution < 1.29 is 9.53 Å². The lowest BCUT2D eigenvalue weighted by molar-refractivity contribution is 0.0807. The fourth-order valence-electron chi connectivity index (χ4n) is 2.53. The smallest absolute Gasteiger partial charge is 0.176 e. The van der Waals surface area contributed by atoms with Gasteiger partial charge in [0.1, 0.15) is 5.75 Å². The topological polar surface area (TPSA) is 32.8 Å². The van der Waals surface area contributed by atoms with Gasteiger partial charge in [-0.1, -0.05) is 12.1 Å². The summed E-state index contributed by atoms with van der Waals surface area (Å²) in [5, 5.41) is 0. The highest BCUT2D eigenvalue weighted by atomic mass is 16.5. The van der Waals surface area contributed by atoms with Gasteiger partial charge in [-0.25, -0.2) is 0 Å². The maximum atomic E-state index is 12.3. The molecule has 1 aromatic carbocycles. The maximum Gasteiger partial charge on any atom is 0.176 e.